The largest absolute Gasteiger partial charge is 0.340 e. The first-order valence-electron chi connectivity index (χ1n) is 6.64. The van der Waals surface area contributed by atoms with Gasteiger partial charge in [-0.05, 0) is 24.5 Å². The summed E-state index contributed by atoms with van der Waals surface area (Å²) in [5.41, 5.74) is 2.93. The van der Waals surface area contributed by atoms with Crippen molar-refractivity contribution >= 4 is 17.3 Å². The molecule has 1 heterocycles. The van der Waals surface area contributed by atoms with Crippen LogP contribution in [0.5, 0.6) is 0 Å². The first kappa shape index (κ1) is 14.8. The summed E-state index contributed by atoms with van der Waals surface area (Å²) in [5, 5.41) is 13.6. The standard InChI is InChI=1S/C15H17N3O3/c1-4-11-7-5-6-10(2)14(11)16-15(19)13-8-12(18(20)21)9-17(13)3/h5-9H,4H2,1-3H3,(H,16,19). The number of benzene rings is 1. The molecule has 0 aliphatic carbocycles. The van der Waals surface area contributed by atoms with E-state index >= 15 is 0 Å². The molecule has 110 valence electrons. The highest BCUT2D eigenvalue weighted by Crippen LogP contribution is 2.23. The third-order valence-electron chi connectivity index (χ3n) is 3.41. The number of anilines is 1. The van der Waals surface area contributed by atoms with E-state index in [0.29, 0.717) is 0 Å². The van der Waals surface area contributed by atoms with E-state index in [1.54, 1.807) is 7.05 Å². The van der Waals surface area contributed by atoms with Crippen molar-refractivity contribution in [3.63, 3.8) is 0 Å². The molecule has 1 N–H and O–H groups in total. The predicted molar refractivity (Wildman–Crippen MR) is 80.6 cm³/mol. The molecule has 0 aliphatic heterocycles. The number of nitrogens with one attached hydrogen (secondary N) is 1. The summed E-state index contributed by atoms with van der Waals surface area (Å²) in [6, 6.07) is 7.09. The number of nitrogens with zero attached hydrogens (tertiary/aromatic N) is 2. The van der Waals surface area contributed by atoms with Crippen LogP contribution in [-0.2, 0) is 13.5 Å². The Morgan fingerprint density at radius 1 is 1.43 bits per heavy atom. The molecule has 0 atom stereocenters. The van der Waals surface area contributed by atoms with Gasteiger partial charge in [-0.2, -0.15) is 0 Å². The van der Waals surface area contributed by atoms with Gasteiger partial charge in [0, 0.05) is 18.8 Å². The number of aromatic nitrogens is 1. The molecule has 0 saturated heterocycles. The van der Waals surface area contributed by atoms with E-state index in [-0.39, 0.29) is 17.3 Å². The van der Waals surface area contributed by atoms with E-state index in [0.717, 1.165) is 23.2 Å². The van der Waals surface area contributed by atoms with Crippen LogP contribution in [0.25, 0.3) is 0 Å². The number of hydrogen-bond donors (Lipinski definition) is 1. The molecule has 0 aliphatic rings. The van der Waals surface area contributed by atoms with Crippen LogP contribution < -0.4 is 5.32 Å². The summed E-state index contributed by atoms with van der Waals surface area (Å²) in [4.78, 5) is 22.6. The van der Waals surface area contributed by atoms with Crippen molar-refractivity contribution in [1.82, 2.24) is 4.57 Å². The number of amides is 1. The van der Waals surface area contributed by atoms with Crippen molar-refractivity contribution in [1.29, 1.82) is 0 Å². The number of nitro groups is 1. The van der Waals surface area contributed by atoms with E-state index < -0.39 is 4.92 Å². The number of para-hydroxylation sites is 1. The molecule has 2 aromatic rings. The van der Waals surface area contributed by atoms with Crippen molar-refractivity contribution in [2.75, 3.05) is 5.32 Å². The van der Waals surface area contributed by atoms with Gasteiger partial charge in [-0.3, -0.25) is 14.9 Å². The van der Waals surface area contributed by atoms with Crippen LogP contribution in [0.2, 0.25) is 0 Å². The van der Waals surface area contributed by atoms with E-state index in [2.05, 4.69) is 5.32 Å². The van der Waals surface area contributed by atoms with E-state index in [1.807, 2.05) is 32.0 Å². The van der Waals surface area contributed by atoms with Gasteiger partial charge in [0.2, 0.25) is 0 Å². The van der Waals surface area contributed by atoms with Crippen molar-refractivity contribution in [3.05, 3.63) is 57.4 Å². The van der Waals surface area contributed by atoms with Crippen LogP contribution in [0.1, 0.15) is 28.5 Å². The third-order valence-corrected chi connectivity index (χ3v) is 3.41. The van der Waals surface area contributed by atoms with Crippen LogP contribution in [0.4, 0.5) is 11.4 Å². The lowest BCUT2D eigenvalue weighted by Gasteiger charge is -2.13. The number of rotatable bonds is 4. The molecule has 21 heavy (non-hydrogen) atoms. The lowest BCUT2D eigenvalue weighted by Crippen LogP contribution is -2.17. The SMILES string of the molecule is CCc1cccc(C)c1NC(=O)c1cc([N+](=O)[O-])cn1C. The van der Waals surface area contributed by atoms with Gasteiger partial charge in [-0.15, -0.1) is 0 Å². The smallest absolute Gasteiger partial charge is 0.287 e. The van der Waals surface area contributed by atoms with Crippen molar-refractivity contribution in [2.24, 2.45) is 7.05 Å². The van der Waals surface area contributed by atoms with Gasteiger partial charge in [-0.25, -0.2) is 0 Å². The molecule has 0 bridgehead atoms. The summed E-state index contributed by atoms with van der Waals surface area (Å²) >= 11 is 0. The molecular formula is C15H17N3O3. The zero-order chi connectivity index (χ0) is 15.6. The van der Waals surface area contributed by atoms with Gasteiger partial charge in [0.25, 0.3) is 11.6 Å². The quantitative estimate of drug-likeness (QED) is 0.693. The lowest BCUT2D eigenvalue weighted by molar-refractivity contribution is -0.384. The molecule has 1 aromatic heterocycles. The summed E-state index contributed by atoms with van der Waals surface area (Å²) < 4.78 is 1.46. The van der Waals surface area contributed by atoms with Gasteiger partial charge in [0.15, 0.2) is 0 Å². The fourth-order valence-electron chi connectivity index (χ4n) is 2.25. The number of aryl methyl sites for hydroxylation is 3. The Hall–Kier alpha value is -2.63. The fraction of sp³-hybridized carbons (Fsp3) is 0.267. The zero-order valence-electron chi connectivity index (χ0n) is 12.2. The molecule has 6 heteroatoms. The average Bonchev–Trinajstić information content (AvgIpc) is 2.83. The molecule has 0 radical (unpaired) electrons. The fourth-order valence-corrected chi connectivity index (χ4v) is 2.25. The second-order valence-corrected chi connectivity index (χ2v) is 4.87. The first-order chi connectivity index (χ1) is 9.93. The van der Waals surface area contributed by atoms with E-state index in [9.17, 15) is 14.9 Å². The minimum absolute atomic E-state index is 0.0943. The molecule has 0 fully saturated rings. The highest BCUT2D eigenvalue weighted by atomic mass is 16.6. The Morgan fingerprint density at radius 2 is 2.14 bits per heavy atom. The van der Waals surface area contributed by atoms with Gasteiger partial charge >= 0.3 is 0 Å². The Bertz CT molecular complexity index is 704. The van der Waals surface area contributed by atoms with Crippen molar-refractivity contribution in [2.45, 2.75) is 20.3 Å². The summed E-state index contributed by atoms with van der Waals surface area (Å²) in [5.74, 6) is -0.352. The highest BCUT2D eigenvalue weighted by Gasteiger charge is 2.18. The molecule has 1 aromatic carbocycles. The van der Waals surface area contributed by atoms with Gasteiger partial charge in [-0.1, -0.05) is 25.1 Å². The maximum Gasteiger partial charge on any atom is 0.287 e. The predicted octanol–water partition coefficient (Wildman–Crippen LogP) is 3.06. The van der Waals surface area contributed by atoms with Gasteiger partial charge in [0.05, 0.1) is 11.1 Å². The number of hydrogen-bond acceptors (Lipinski definition) is 3. The molecule has 6 nitrogen and oxygen atoms in total. The second-order valence-electron chi connectivity index (χ2n) is 4.87. The van der Waals surface area contributed by atoms with Crippen molar-refractivity contribution < 1.29 is 9.72 Å². The minimum Gasteiger partial charge on any atom is -0.340 e. The molecular weight excluding hydrogens is 270 g/mol. The van der Waals surface area contributed by atoms with E-state index in [4.69, 9.17) is 0 Å². The average molecular weight is 287 g/mol. The topological polar surface area (TPSA) is 77.2 Å². The Kier molecular flexibility index (Phi) is 4.07. The highest BCUT2D eigenvalue weighted by molar-refractivity contribution is 6.04. The number of carbonyl (C=O) groups excluding carboxylic acids is 1. The minimum atomic E-state index is -0.512. The Morgan fingerprint density at radius 3 is 2.71 bits per heavy atom. The van der Waals surface area contributed by atoms with Crippen LogP contribution in [0, 0.1) is 17.0 Å². The summed E-state index contributed by atoms with van der Waals surface area (Å²) in [7, 11) is 1.61. The Labute approximate surface area is 122 Å². The molecule has 0 unspecified atom stereocenters. The monoisotopic (exact) mass is 287 g/mol. The summed E-state index contributed by atoms with van der Waals surface area (Å²) in [6.07, 6.45) is 2.12. The summed E-state index contributed by atoms with van der Waals surface area (Å²) in [6.45, 7) is 3.93. The van der Waals surface area contributed by atoms with Crippen LogP contribution in [0.15, 0.2) is 30.5 Å². The lowest BCUT2D eigenvalue weighted by atomic mass is 10.1. The van der Waals surface area contributed by atoms with Crippen LogP contribution in [0.3, 0.4) is 0 Å². The number of carbonyl (C=O) groups is 1. The van der Waals surface area contributed by atoms with Crippen LogP contribution in [-0.4, -0.2) is 15.4 Å². The first-order valence-corrected chi connectivity index (χ1v) is 6.64. The maximum atomic E-state index is 12.3. The van der Waals surface area contributed by atoms with Gasteiger partial charge < -0.3 is 9.88 Å². The van der Waals surface area contributed by atoms with E-state index in [1.165, 1.54) is 16.8 Å². The van der Waals surface area contributed by atoms with Gasteiger partial charge in [0.1, 0.15) is 5.69 Å². The molecule has 0 saturated carbocycles. The van der Waals surface area contributed by atoms with Crippen LogP contribution >= 0.6 is 0 Å². The normalized spacial score (nSPS) is 10.4. The second kappa shape index (κ2) is 5.78. The molecule has 1 amide bonds. The molecule has 0 spiro atoms. The molecule has 2 rings (SSSR count). The third kappa shape index (κ3) is 2.94. The Balaban J connectivity index is 2.33. The van der Waals surface area contributed by atoms with Crippen molar-refractivity contribution in [3.8, 4) is 0 Å². The zero-order valence-corrected chi connectivity index (χ0v) is 12.2. The maximum absolute atomic E-state index is 12.3.